The molecule has 0 spiro atoms. The number of aliphatic hydroxyl groups excluding tert-OH is 1. The van der Waals surface area contributed by atoms with Crippen molar-refractivity contribution in [3.63, 3.8) is 0 Å². The summed E-state index contributed by atoms with van der Waals surface area (Å²) in [4.78, 5) is 38.1. The van der Waals surface area contributed by atoms with Crippen LogP contribution < -0.4 is 20.9 Å². The largest absolute Gasteiger partial charge is 0.461 e. The van der Waals surface area contributed by atoms with E-state index in [0.717, 1.165) is 44.4 Å². The van der Waals surface area contributed by atoms with Gasteiger partial charge < -0.3 is 19.1 Å². The van der Waals surface area contributed by atoms with Crippen molar-refractivity contribution in [1.29, 1.82) is 0 Å². The highest BCUT2D eigenvalue weighted by molar-refractivity contribution is 7.52. The molecule has 0 bridgehead atoms. The maximum atomic E-state index is 15.3. The van der Waals surface area contributed by atoms with Crippen LogP contribution in [-0.4, -0.2) is 56.7 Å². The van der Waals surface area contributed by atoms with Crippen LogP contribution >= 0.6 is 19.3 Å². The van der Waals surface area contributed by atoms with Crippen molar-refractivity contribution < 1.29 is 37.4 Å². The summed E-state index contributed by atoms with van der Waals surface area (Å²) < 4.78 is 51.7. The number of benzene rings is 1. The molecule has 1 unspecified atom stereocenters. The first-order valence-corrected chi connectivity index (χ1v) is 14.4. The summed E-state index contributed by atoms with van der Waals surface area (Å²) in [6, 6.07) is 7.81. The Bertz CT molecular complexity index is 1300. The van der Waals surface area contributed by atoms with Crippen molar-refractivity contribution in [3.05, 3.63) is 63.4 Å². The molecule has 12 nitrogen and oxygen atoms in total. The monoisotopic (exact) mass is 589 g/mol. The van der Waals surface area contributed by atoms with Crippen LogP contribution in [0.1, 0.15) is 45.3 Å². The normalized spacial score (nSPS) is 27.9. The number of alkyl halides is 2. The molecule has 15 heteroatoms. The highest BCUT2D eigenvalue weighted by atomic mass is 35.5. The van der Waals surface area contributed by atoms with Gasteiger partial charge in [0.25, 0.3) is 10.7 Å². The maximum absolute atomic E-state index is 15.3. The SMILES string of the molecule is C[C@H](NP(=O)(OC[C@H]1O[C@@H](n2ccc(=O)[nH]c2=O)[C@@](F)(Cl)[C@@H]1O)Oc1ccccc1)C(=O)OC1CCCCC1. The van der Waals surface area contributed by atoms with Crippen LogP contribution in [0.3, 0.4) is 0 Å². The molecule has 0 amide bonds. The quantitative estimate of drug-likeness (QED) is 0.214. The number of carbonyl (C=O) groups is 1. The van der Waals surface area contributed by atoms with Crippen molar-refractivity contribution in [1.82, 2.24) is 14.6 Å². The molecule has 3 N–H and O–H groups in total. The predicted octanol–water partition coefficient (Wildman–Crippen LogP) is 2.76. The molecular formula is C24H30ClFN3O9P. The van der Waals surface area contributed by atoms with Gasteiger partial charge in [0, 0.05) is 12.3 Å². The van der Waals surface area contributed by atoms with E-state index in [9.17, 15) is 24.1 Å². The molecule has 6 atom stereocenters. The van der Waals surface area contributed by atoms with Crippen LogP contribution in [0.4, 0.5) is 4.39 Å². The predicted molar refractivity (Wildman–Crippen MR) is 137 cm³/mol. The van der Waals surface area contributed by atoms with Crippen molar-refractivity contribution in [2.45, 2.75) is 74.7 Å². The lowest BCUT2D eigenvalue weighted by atomic mass is 9.98. The smallest absolute Gasteiger partial charge is 0.459 e. The van der Waals surface area contributed by atoms with E-state index in [0.29, 0.717) is 4.57 Å². The third-order valence-electron chi connectivity index (χ3n) is 6.40. The van der Waals surface area contributed by atoms with E-state index in [1.54, 1.807) is 18.2 Å². The van der Waals surface area contributed by atoms with Crippen LogP contribution in [0, 0.1) is 0 Å². The van der Waals surface area contributed by atoms with Crippen molar-refractivity contribution >= 4 is 25.3 Å². The molecule has 1 aliphatic carbocycles. The van der Waals surface area contributed by atoms with E-state index >= 15 is 4.39 Å². The second-order valence-electron chi connectivity index (χ2n) is 9.41. The highest BCUT2D eigenvalue weighted by Crippen LogP contribution is 2.48. The molecule has 2 aliphatic rings. The molecule has 4 rings (SSSR count). The van der Waals surface area contributed by atoms with E-state index in [1.165, 1.54) is 19.1 Å². The summed E-state index contributed by atoms with van der Waals surface area (Å²) in [5.74, 6) is -0.510. The Balaban J connectivity index is 1.48. The lowest BCUT2D eigenvalue weighted by molar-refractivity contribution is -0.152. The molecule has 2 heterocycles. The van der Waals surface area contributed by atoms with E-state index in [1.807, 2.05) is 4.98 Å². The van der Waals surface area contributed by atoms with Gasteiger partial charge in [0.2, 0.25) is 0 Å². The zero-order chi connectivity index (χ0) is 28.2. The Morgan fingerprint density at radius 1 is 1.28 bits per heavy atom. The third kappa shape index (κ3) is 7.16. The van der Waals surface area contributed by atoms with Gasteiger partial charge in [-0.2, -0.15) is 5.09 Å². The summed E-state index contributed by atoms with van der Waals surface area (Å²) in [5.41, 5.74) is -1.75. The number of rotatable bonds is 10. The van der Waals surface area contributed by atoms with Gasteiger partial charge in [-0.15, -0.1) is 0 Å². The van der Waals surface area contributed by atoms with Crippen LogP contribution in [0.2, 0.25) is 0 Å². The minimum atomic E-state index is -4.36. The Hall–Kier alpha value is -2.54. The number of aromatic nitrogens is 2. The second-order valence-corrected chi connectivity index (χ2v) is 11.7. The number of esters is 1. The average Bonchev–Trinajstić information content (AvgIpc) is 3.12. The van der Waals surface area contributed by atoms with E-state index in [-0.39, 0.29) is 11.9 Å². The number of halogens is 2. The van der Waals surface area contributed by atoms with Gasteiger partial charge in [0.15, 0.2) is 6.23 Å². The maximum Gasteiger partial charge on any atom is 0.459 e. The number of aliphatic hydroxyl groups is 1. The molecule has 39 heavy (non-hydrogen) atoms. The van der Waals surface area contributed by atoms with Gasteiger partial charge >= 0.3 is 19.4 Å². The Morgan fingerprint density at radius 3 is 2.64 bits per heavy atom. The zero-order valence-corrected chi connectivity index (χ0v) is 22.7. The minimum Gasteiger partial charge on any atom is -0.461 e. The first kappa shape index (κ1) is 29.4. The fourth-order valence-electron chi connectivity index (χ4n) is 4.34. The molecule has 1 aliphatic heterocycles. The first-order chi connectivity index (χ1) is 18.5. The zero-order valence-electron chi connectivity index (χ0n) is 21.0. The Labute approximate surface area is 228 Å². The Kier molecular flexibility index (Phi) is 9.30. The number of H-pyrrole nitrogens is 1. The fraction of sp³-hybridized carbons (Fsp3) is 0.542. The molecule has 1 saturated carbocycles. The first-order valence-electron chi connectivity index (χ1n) is 12.5. The number of nitrogens with zero attached hydrogens (tertiary/aromatic N) is 1. The highest BCUT2D eigenvalue weighted by Gasteiger charge is 2.58. The van der Waals surface area contributed by atoms with Crippen molar-refractivity contribution in [2.75, 3.05) is 6.61 Å². The summed E-state index contributed by atoms with van der Waals surface area (Å²) in [7, 11) is -4.36. The van der Waals surface area contributed by atoms with Crippen LogP contribution in [-0.2, 0) is 23.4 Å². The number of hydrogen-bond acceptors (Lipinski definition) is 9. The molecule has 1 aromatic carbocycles. The topological polar surface area (TPSA) is 158 Å². The number of carbonyl (C=O) groups excluding carboxylic acids is 1. The molecule has 2 fully saturated rings. The minimum absolute atomic E-state index is 0.143. The van der Waals surface area contributed by atoms with Gasteiger partial charge in [-0.3, -0.25) is 23.7 Å². The summed E-state index contributed by atoms with van der Waals surface area (Å²) >= 11 is 5.90. The number of para-hydroxylation sites is 1. The molecule has 214 valence electrons. The van der Waals surface area contributed by atoms with Gasteiger partial charge in [0.1, 0.15) is 30.1 Å². The molecule has 0 radical (unpaired) electrons. The second kappa shape index (κ2) is 12.3. The lowest BCUT2D eigenvalue weighted by Gasteiger charge is -2.27. The standard InChI is InChI=1S/C24H30ClFN3O9P/c1-15(21(32)36-16-8-4-2-5-9-16)28-39(34,38-17-10-6-3-7-11-17)35-14-18-20(31)24(25,26)22(37-18)29-13-12-19(30)27-23(29)33/h3,6-7,10-13,15-16,18,20,22,31H,2,4-5,8-9,14H2,1H3,(H,28,34)(H,27,30,33)/t15-,18+,20+,22+,24+,39?/m0/s1. The third-order valence-corrected chi connectivity index (χ3v) is 8.46. The van der Waals surface area contributed by atoms with E-state index in [2.05, 4.69) is 5.09 Å². The van der Waals surface area contributed by atoms with Crippen LogP contribution in [0.15, 0.2) is 52.2 Å². The van der Waals surface area contributed by atoms with Gasteiger partial charge in [-0.1, -0.05) is 36.2 Å². The van der Waals surface area contributed by atoms with Crippen molar-refractivity contribution in [2.24, 2.45) is 0 Å². The van der Waals surface area contributed by atoms with Gasteiger partial charge in [-0.25, -0.2) is 13.8 Å². The summed E-state index contributed by atoms with van der Waals surface area (Å²) in [6.07, 6.45) is -0.219. The number of ether oxygens (including phenoxy) is 2. The fourth-order valence-corrected chi connectivity index (χ4v) is 6.14. The van der Waals surface area contributed by atoms with Crippen molar-refractivity contribution in [3.8, 4) is 5.75 Å². The summed E-state index contributed by atoms with van der Waals surface area (Å²) in [5, 5.41) is 10.0. The van der Waals surface area contributed by atoms with Crippen LogP contribution in [0.25, 0.3) is 0 Å². The van der Waals surface area contributed by atoms with Gasteiger partial charge in [-0.05, 0) is 44.7 Å². The average molecular weight is 590 g/mol. The molecule has 1 aromatic heterocycles. The molecular weight excluding hydrogens is 560 g/mol. The lowest BCUT2D eigenvalue weighted by Crippen LogP contribution is -2.42. The Morgan fingerprint density at radius 2 is 1.97 bits per heavy atom. The number of aromatic amines is 1. The van der Waals surface area contributed by atoms with Crippen LogP contribution in [0.5, 0.6) is 5.75 Å². The number of hydrogen-bond donors (Lipinski definition) is 3. The number of nitrogens with one attached hydrogen (secondary N) is 2. The van der Waals surface area contributed by atoms with E-state index < -0.39 is 61.2 Å². The van der Waals surface area contributed by atoms with Gasteiger partial charge in [0.05, 0.1) is 6.61 Å². The summed E-state index contributed by atoms with van der Waals surface area (Å²) in [6.45, 7) is 0.718. The molecule has 2 aromatic rings. The molecule has 1 saturated heterocycles. The van der Waals surface area contributed by atoms with E-state index in [4.69, 9.17) is 30.1 Å².